The second-order valence-electron chi connectivity index (χ2n) is 5.68. The number of nitrogens with zero attached hydrogens (tertiary/aromatic N) is 3. The largest absolute Gasteiger partial charge is 0.494 e. The Hall–Kier alpha value is -2.48. The Morgan fingerprint density at radius 3 is 2.72 bits per heavy atom. The molecule has 1 N–H and O–H groups in total. The monoisotopic (exact) mass is 360 g/mol. The molecule has 2 amide bonds. The molecule has 0 aliphatic carbocycles. The summed E-state index contributed by atoms with van der Waals surface area (Å²) in [6.07, 6.45) is 0.972. The van der Waals surface area contributed by atoms with Crippen LogP contribution >= 0.6 is 11.3 Å². The van der Waals surface area contributed by atoms with E-state index in [9.17, 15) is 9.59 Å². The maximum atomic E-state index is 12.4. The van der Waals surface area contributed by atoms with Crippen LogP contribution in [0.4, 0.5) is 10.8 Å². The van der Waals surface area contributed by atoms with Gasteiger partial charge in [0.2, 0.25) is 16.9 Å². The molecule has 0 radical (unpaired) electrons. The van der Waals surface area contributed by atoms with Crippen molar-refractivity contribution in [3.63, 3.8) is 0 Å². The Labute approximate surface area is 150 Å². The highest BCUT2D eigenvalue weighted by Crippen LogP contribution is 2.28. The second-order valence-corrected chi connectivity index (χ2v) is 6.74. The average molecular weight is 360 g/mol. The molecule has 132 valence electrons. The van der Waals surface area contributed by atoms with Crippen LogP contribution in [-0.2, 0) is 16.0 Å². The highest BCUT2D eigenvalue weighted by Gasteiger charge is 2.35. The van der Waals surface area contributed by atoms with Gasteiger partial charge in [0, 0.05) is 18.7 Å². The minimum absolute atomic E-state index is 0.0594. The summed E-state index contributed by atoms with van der Waals surface area (Å²) in [7, 11) is 0. The molecule has 0 spiro atoms. The third-order valence-electron chi connectivity index (χ3n) is 3.95. The highest BCUT2D eigenvalue weighted by molar-refractivity contribution is 7.15. The Morgan fingerprint density at radius 2 is 2.08 bits per heavy atom. The molecule has 1 aliphatic rings. The molecule has 0 unspecified atom stereocenters. The van der Waals surface area contributed by atoms with Crippen LogP contribution in [0.25, 0.3) is 0 Å². The number of ether oxygens (including phenoxy) is 1. The van der Waals surface area contributed by atoms with Gasteiger partial charge in [-0.05, 0) is 37.6 Å². The molecule has 8 heteroatoms. The van der Waals surface area contributed by atoms with Crippen LogP contribution in [0.15, 0.2) is 24.3 Å². The number of hydrogen-bond acceptors (Lipinski definition) is 6. The van der Waals surface area contributed by atoms with E-state index < -0.39 is 5.92 Å². The lowest BCUT2D eigenvalue weighted by molar-refractivity contribution is -0.122. The topological polar surface area (TPSA) is 84.4 Å². The molecule has 1 saturated heterocycles. The van der Waals surface area contributed by atoms with Crippen molar-refractivity contribution in [2.75, 3.05) is 23.4 Å². The van der Waals surface area contributed by atoms with Crippen molar-refractivity contribution in [3.05, 3.63) is 29.3 Å². The number of amides is 2. The SMILES string of the molecule is CCOc1ccc(N2C[C@H](C(=O)Nc3nnc(CC)s3)CC2=O)cc1. The number of benzene rings is 1. The molecule has 1 fully saturated rings. The lowest BCUT2D eigenvalue weighted by Crippen LogP contribution is -2.28. The average Bonchev–Trinajstić information content (AvgIpc) is 3.22. The lowest BCUT2D eigenvalue weighted by Gasteiger charge is -2.17. The van der Waals surface area contributed by atoms with E-state index in [1.54, 1.807) is 4.90 Å². The summed E-state index contributed by atoms with van der Waals surface area (Å²) in [6, 6.07) is 7.32. The van der Waals surface area contributed by atoms with Crippen LogP contribution in [-0.4, -0.2) is 35.2 Å². The quantitative estimate of drug-likeness (QED) is 0.855. The maximum absolute atomic E-state index is 12.4. The summed E-state index contributed by atoms with van der Waals surface area (Å²) in [5.74, 6) is 0.111. The summed E-state index contributed by atoms with van der Waals surface area (Å²) in [5, 5.41) is 12.0. The molecule has 1 aliphatic heterocycles. The van der Waals surface area contributed by atoms with Gasteiger partial charge in [0.15, 0.2) is 0 Å². The van der Waals surface area contributed by atoms with Crippen LogP contribution in [0.5, 0.6) is 5.75 Å². The van der Waals surface area contributed by atoms with E-state index >= 15 is 0 Å². The van der Waals surface area contributed by atoms with Gasteiger partial charge in [0.05, 0.1) is 12.5 Å². The zero-order valence-corrected chi connectivity index (χ0v) is 15.0. The minimum atomic E-state index is -0.395. The molecule has 25 heavy (non-hydrogen) atoms. The Balaban J connectivity index is 1.64. The third-order valence-corrected chi connectivity index (χ3v) is 4.94. The van der Waals surface area contributed by atoms with Gasteiger partial charge < -0.3 is 15.0 Å². The molecule has 1 aromatic heterocycles. The number of carbonyl (C=O) groups is 2. The zero-order valence-electron chi connectivity index (χ0n) is 14.2. The van der Waals surface area contributed by atoms with Gasteiger partial charge in [-0.2, -0.15) is 0 Å². The van der Waals surface area contributed by atoms with Gasteiger partial charge in [0.1, 0.15) is 10.8 Å². The molecule has 7 nitrogen and oxygen atoms in total. The molecular formula is C17H20N4O3S. The van der Waals surface area contributed by atoms with E-state index in [1.807, 2.05) is 38.1 Å². The number of aryl methyl sites for hydroxylation is 1. The predicted molar refractivity (Wildman–Crippen MR) is 96.0 cm³/mol. The van der Waals surface area contributed by atoms with Crippen molar-refractivity contribution in [2.24, 2.45) is 5.92 Å². The first-order valence-electron chi connectivity index (χ1n) is 8.27. The molecule has 0 saturated carbocycles. The van der Waals surface area contributed by atoms with Gasteiger partial charge in [-0.15, -0.1) is 10.2 Å². The number of rotatable bonds is 6. The van der Waals surface area contributed by atoms with Crippen molar-refractivity contribution < 1.29 is 14.3 Å². The lowest BCUT2D eigenvalue weighted by atomic mass is 10.1. The standard InChI is InChI=1S/C17H20N4O3S/c1-3-14-19-20-17(25-14)18-16(23)11-9-15(22)21(10-11)12-5-7-13(8-6-12)24-4-2/h5-8,11H,3-4,9-10H2,1-2H3,(H,18,20,23)/t11-/m1/s1. The predicted octanol–water partition coefficient (Wildman–Crippen LogP) is 2.49. The molecule has 2 aromatic rings. The second kappa shape index (κ2) is 7.60. The molecule has 0 bridgehead atoms. The molecule has 2 heterocycles. The summed E-state index contributed by atoms with van der Waals surface area (Å²) in [5.41, 5.74) is 0.771. The van der Waals surface area contributed by atoms with Crippen molar-refractivity contribution in [1.29, 1.82) is 0 Å². The smallest absolute Gasteiger partial charge is 0.231 e. The van der Waals surface area contributed by atoms with E-state index in [-0.39, 0.29) is 18.2 Å². The van der Waals surface area contributed by atoms with Crippen LogP contribution in [0.2, 0.25) is 0 Å². The molecule has 1 aromatic carbocycles. The maximum Gasteiger partial charge on any atom is 0.231 e. The fraction of sp³-hybridized carbons (Fsp3) is 0.412. The van der Waals surface area contributed by atoms with Gasteiger partial charge in [-0.25, -0.2) is 0 Å². The first-order chi connectivity index (χ1) is 12.1. The number of aromatic nitrogens is 2. The first-order valence-corrected chi connectivity index (χ1v) is 9.08. The van der Waals surface area contributed by atoms with E-state index in [0.717, 1.165) is 22.9 Å². The normalized spacial score (nSPS) is 17.0. The summed E-state index contributed by atoms with van der Waals surface area (Å²) < 4.78 is 5.41. The minimum Gasteiger partial charge on any atom is -0.494 e. The Kier molecular flexibility index (Phi) is 5.28. The van der Waals surface area contributed by atoms with Crippen molar-refractivity contribution in [3.8, 4) is 5.75 Å². The van der Waals surface area contributed by atoms with Gasteiger partial charge in [-0.3, -0.25) is 9.59 Å². The highest BCUT2D eigenvalue weighted by atomic mass is 32.1. The first kappa shape index (κ1) is 17.3. The van der Waals surface area contributed by atoms with E-state index in [1.165, 1.54) is 11.3 Å². The van der Waals surface area contributed by atoms with Gasteiger partial charge in [0.25, 0.3) is 0 Å². The van der Waals surface area contributed by atoms with Crippen LogP contribution in [0.1, 0.15) is 25.3 Å². The van der Waals surface area contributed by atoms with Gasteiger partial charge in [-0.1, -0.05) is 18.3 Å². The molecule has 3 rings (SSSR count). The summed E-state index contributed by atoms with van der Waals surface area (Å²) in [6.45, 7) is 4.85. The third kappa shape index (κ3) is 3.96. The fourth-order valence-electron chi connectivity index (χ4n) is 2.68. The molecule has 1 atom stereocenters. The summed E-state index contributed by atoms with van der Waals surface area (Å²) in [4.78, 5) is 26.3. The van der Waals surface area contributed by atoms with Crippen molar-refractivity contribution >= 4 is 34.0 Å². The number of anilines is 2. The number of hydrogen-bond donors (Lipinski definition) is 1. The van der Waals surface area contributed by atoms with E-state index in [0.29, 0.717) is 18.3 Å². The van der Waals surface area contributed by atoms with Crippen molar-refractivity contribution in [1.82, 2.24) is 10.2 Å². The number of nitrogens with one attached hydrogen (secondary N) is 1. The summed E-state index contributed by atoms with van der Waals surface area (Å²) >= 11 is 1.36. The zero-order chi connectivity index (χ0) is 17.8. The fourth-order valence-corrected chi connectivity index (χ4v) is 3.36. The number of carbonyl (C=O) groups excluding carboxylic acids is 2. The van der Waals surface area contributed by atoms with Crippen LogP contribution in [0, 0.1) is 5.92 Å². The van der Waals surface area contributed by atoms with Crippen LogP contribution < -0.4 is 15.0 Å². The molecular weight excluding hydrogens is 340 g/mol. The van der Waals surface area contributed by atoms with Crippen LogP contribution in [0.3, 0.4) is 0 Å². The van der Waals surface area contributed by atoms with E-state index in [4.69, 9.17) is 4.74 Å². The van der Waals surface area contributed by atoms with Crippen molar-refractivity contribution in [2.45, 2.75) is 26.7 Å². The Morgan fingerprint density at radius 1 is 1.32 bits per heavy atom. The Bertz CT molecular complexity index is 760. The van der Waals surface area contributed by atoms with Gasteiger partial charge >= 0.3 is 0 Å². The van der Waals surface area contributed by atoms with E-state index in [2.05, 4.69) is 15.5 Å².